The van der Waals surface area contributed by atoms with E-state index in [0.29, 0.717) is 34.6 Å². The van der Waals surface area contributed by atoms with Gasteiger partial charge in [0.1, 0.15) is 12.3 Å². The fourth-order valence-corrected chi connectivity index (χ4v) is 5.11. The highest BCUT2D eigenvalue weighted by Crippen LogP contribution is 2.32. The number of aromatic nitrogens is 2. The molecule has 1 fully saturated rings. The van der Waals surface area contributed by atoms with Crippen LogP contribution in [0.15, 0.2) is 36.5 Å². The van der Waals surface area contributed by atoms with Crippen molar-refractivity contribution in [2.24, 2.45) is 0 Å². The summed E-state index contributed by atoms with van der Waals surface area (Å²) in [6, 6.07) is 10.9. The number of aliphatic hydroxyl groups is 2. The maximum Gasteiger partial charge on any atom is 0.406 e. The molecule has 0 spiro atoms. The molecule has 0 saturated carbocycles. The van der Waals surface area contributed by atoms with E-state index >= 15 is 0 Å². The summed E-state index contributed by atoms with van der Waals surface area (Å²) in [6.07, 6.45) is -2.07. The largest absolute Gasteiger partial charge is 0.494 e. The van der Waals surface area contributed by atoms with E-state index in [0.717, 1.165) is 31.6 Å². The number of ether oxygens (including phenoxy) is 1. The van der Waals surface area contributed by atoms with Gasteiger partial charge in [-0.3, -0.25) is 4.98 Å². The third-order valence-electron chi connectivity index (χ3n) is 7.50. The van der Waals surface area contributed by atoms with Crippen molar-refractivity contribution in [1.29, 1.82) is 5.26 Å². The SMILES string of the molecule is COc1cc(C(C)(C)C#N)ncc1NCC#Cc1cc2c(NC3CCN(CC(O)CO)CC3)cccc2n1CC(F)(F)F. The van der Waals surface area contributed by atoms with Crippen molar-refractivity contribution >= 4 is 22.3 Å². The van der Waals surface area contributed by atoms with E-state index < -0.39 is 24.2 Å². The van der Waals surface area contributed by atoms with E-state index in [9.17, 15) is 23.5 Å². The summed E-state index contributed by atoms with van der Waals surface area (Å²) in [5.41, 5.74) is 1.72. The Labute approximate surface area is 249 Å². The number of fused-ring (bicyclic) bond motifs is 1. The zero-order valence-corrected chi connectivity index (χ0v) is 24.5. The minimum Gasteiger partial charge on any atom is -0.494 e. The van der Waals surface area contributed by atoms with Crippen molar-refractivity contribution in [3.63, 3.8) is 0 Å². The average molecular weight is 599 g/mol. The van der Waals surface area contributed by atoms with Crippen LogP contribution in [-0.4, -0.2) is 82.9 Å². The highest BCUT2D eigenvalue weighted by molar-refractivity contribution is 5.94. The van der Waals surface area contributed by atoms with Crippen molar-refractivity contribution in [2.75, 3.05) is 50.5 Å². The molecule has 3 heterocycles. The number of hydrogen-bond acceptors (Lipinski definition) is 8. The molecule has 0 aliphatic carbocycles. The van der Waals surface area contributed by atoms with Gasteiger partial charge < -0.3 is 35.1 Å². The fourth-order valence-electron chi connectivity index (χ4n) is 5.11. The monoisotopic (exact) mass is 598 g/mol. The summed E-state index contributed by atoms with van der Waals surface area (Å²) in [4.78, 5) is 6.45. The molecule has 3 aromatic rings. The quantitative estimate of drug-likeness (QED) is 0.258. The average Bonchev–Trinajstić information content (AvgIpc) is 3.32. The van der Waals surface area contributed by atoms with Crippen molar-refractivity contribution in [2.45, 2.75) is 57.0 Å². The number of alkyl halides is 3. The number of pyridine rings is 1. The zero-order chi connectivity index (χ0) is 31.2. The first kappa shape index (κ1) is 32.0. The molecule has 230 valence electrons. The third kappa shape index (κ3) is 8.11. The van der Waals surface area contributed by atoms with Gasteiger partial charge in [-0.15, -0.1) is 0 Å². The first-order valence-electron chi connectivity index (χ1n) is 14.1. The number of methoxy groups -OCH3 is 1. The van der Waals surface area contributed by atoms with Gasteiger partial charge in [0.15, 0.2) is 0 Å². The van der Waals surface area contributed by atoms with Crippen LogP contribution in [0.25, 0.3) is 10.9 Å². The predicted octanol–water partition coefficient (Wildman–Crippen LogP) is 4.10. The third-order valence-corrected chi connectivity index (χ3v) is 7.50. The van der Waals surface area contributed by atoms with E-state index in [2.05, 4.69) is 38.4 Å². The van der Waals surface area contributed by atoms with Gasteiger partial charge in [-0.2, -0.15) is 18.4 Å². The molecular formula is C31H37F3N6O3. The molecule has 1 saturated heterocycles. The summed E-state index contributed by atoms with van der Waals surface area (Å²) in [7, 11) is 1.50. The molecule has 0 radical (unpaired) electrons. The molecule has 12 heteroatoms. The molecule has 1 aliphatic rings. The van der Waals surface area contributed by atoms with Gasteiger partial charge in [0, 0.05) is 42.8 Å². The Hall–Kier alpha value is -3.97. The molecule has 43 heavy (non-hydrogen) atoms. The second-order valence-corrected chi connectivity index (χ2v) is 11.2. The van der Waals surface area contributed by atoms with Crippen molar-refractivity contribution < 1.29 is 28.1 Å². The Morgan fingerprint density at radius 3 is 2.58 bits per heavy atom. The first-order valence-corrected chi connectivity index (χ1v) is 14.1. The number of likely N-dealkylation sites (tertiary alicyclic amines) is 1. The molecule has 2 aromatic heterocycles. The van der Waals surface area contributed by atoms with Crippen LogP contribution >= 0.6 is 0 Å². The van der Waals surface area contributed by atoms with E-state index in [1.54, 1.807) is 44.3 Å². The smallest absolute Gasteiger partial charge is 0.406 e. The Kier molecular flexibility index (Phi) is 10.1. The highest BCUT2D eigenvalue weighted by Gasteiger charge is 2.30. The van der Waals surface area contributed by atoms with Crippen LogP contribution < -0.4 is 15.4 Å². The van der Waals surface area contributed by atoms with E-state index in [1.165, 1.54) is 11.7 Å². The van der Waals surface area contributed by atoms with Gasteiger partial charge in [0.25, 0.3) is 0 Å². The maximum absolute atomic E-state index is 13.6. The topological polar surface area (TPSA) is 119 Å². The molecule has 0 bridgehead atoms. The van der Waals surface area contributed by atoms with Crippen LogP contribution in [0.5, 0.6) is 5.75 Å². The van der Waals surface area contributed by atoms with Gasteiger partial charge >= 0.3 is 6.18 Å². The Bertz CT molecular complexity index is 1510. The van der Waals surface area contributed by atoms with Crippen LogP contribution in [0.4, 0.5) is 24.5 Å². The lowest BCUT2D eigenvalue weighted by Gasteiger charge is -2.33. The lowest BCUT2D eigenvalue weighted by molar-refractivity contribution is -0.140. The molecule has 1 atom stereocenters. The van der Waals surface area contributed by atoms with Crippen LogP contribution in [0.1, 0.15) is 38.1 Å². The molecule has 9 nitrogen and oxygen atoms in total. The number of β-amino-alcohol motifs (C(OH)–C–C–N with tert-alkyl or cyclic N) is 1. The van der Waals surface area contributed by atoms with Crippen LogP contribution in [0.3, 0.4) is 0 Å². The lowest BCUT2D eigenvalue weighted by Crippen LogP contribution is -2.43. The van der Waals surface area contributed by atoms with Crippen LogP contribution in [0.2, 0.25) is 0 Å². The van der Waals surface area contributed by atoms with Gasteiger partial charge in [0.05, 0.1) is 66.6 Å². The van der Waals surface area contributed by atoms with Crippen molar-refractivity contribution in [1.82, 2.24) is 14.5 Å². The number of aliphatic hydroxyl groups excluding tert-OH is 2. The van der Waals surface area contributed by atoms with Crippen LogP contribution in [-0.2, 0) is 12.0 Å². The molecule has 4 rings (SSSR count). The zero-order valence-electron chi connectivity index (χ0n) is 24.5. The number of nitriles is 1. The minimum absolute atomic E-state index is 0.117. The number of nitrogens with zero attached hydrogens (tertiary/aromatic N) is 4. The first-order chi connectivity index (χ1) is 20.4. The maximum atomic E-state index is 13.6. The Morgan fingerprint density at radius 1 is 1.19 bits per heavy atom. The minimum atomic E-state index is -4.44. The highest BCUT2D eigenvalue weighted by atomic mass is 19.4. The summed E-state index contributed by atoms with van der Waals surface area (Å²) >= 11 is 0. The molecule has 4 N–H and O–H groups in total. The van der Waals surface area contributed by atoms with Gasteiger partial charge in [0.2, 0.25) is 0 Å². The van der Waals surface area contributed by atoms with Crippen molar-refractivity contribution in [3.05, 3.63) is 47.9 Å². The summed E-state index contributed by atoms with van der Waals surface area (Å²) in [5, 5.41) is 35.5. The number of rotatable bonds is 10. The molecule has 1 unspecified atom stereocenters. The van der Waals surface area contributed by atoms with E-state index in [1.807, 2.05) is 6.07 Å². The van der Waals surface area contributed by atoms with E-state index in [4.69, 9.17) is 9.84 Å². The number of benzene rings is 1. The predicted molar refractivity (Wildman–Crippen MR) is 159 cm³/mol. The molecule has 1 aromatic carbocycles. The standard InChI is InChI=1S/C31H37F3N6O3/c1-30(2,19-35)29-15-28(43-3)26(16-37-29)36-11-5-6-22-14-24-25(7-4-8-27(24)40(22)20-31(32,33)34)38-21-9-12-39(13-10-21)17-23(42)18-41/h4,7-8,14-16,21,23,36,38,41-42H,9-13,17-18,20H2,1-3H3. The normalized spacial score (nSPS) is 15.4. The van der Waals surface area contributed by atoms with Gasteiger partial charge in [-0.05, 0) is 50.8 Å². The number of hydrogen-bond donors (Lipinski definition) is 4. The molecular weight excluding hydrogens is 561 g/mol. The summed E-state index contributed by atoms with van der Waals surface area (Å²) in [6.45, 7) is 4.07. The number of piperidine rings is 1. The van der Waals surface area contributed by atoms with E-state index in [-0.39, 0.29) is 24.9 Å². The van der Waals surface area contributed by atoms with Crippen molar-refractivity contribution in [3.8, 4) is 23.7 Å². The van der Waals surface area contributed by atoms with Gasteiger partial charge in [-0.1, -0.05) is 12.0 Å². The molecule has 1 aliphatic heterocycles. The fraction of sp³-hybridized carbons (Fsp3) is 0.484. The lowest BCUT2D eigenvalue weighted by atomic mass is 9.90. The number of anilines is 2. The number of halogens is 3. The Morgan fingerprint density at radius 2 is 1.93 bits per heavy atom. The number of nitrogens with one attached hydrogen (secondary N) is 2. The molecule has 0 amide bonds. The second-order valence-electron chi connectivity index (χ2n) is 11.2. The Balaban J connectivity index is 1.53. The van der Waals surface area contributed by atoms with Gasteiger partial charge in [-0.25, -0.2) is 0 Å². The second kappa shape index (κ2) is 13.6. The summed E-state index contributed by atoms with van der Waals surface area (Å²) in [5.74, 6) is 6.31. The van der Waals surface area contributed by atoms with Crippen LogP contribution in [0, 0.1) is 23.2 Å². The summed E-state index contributed by atoms with van der Waals surface area (Å²) < 4.78 is 47.5.